The Balaban J connectivity index is 1.56. The third-order valence-electron chi connectivity index (χ3n) is 3.85. The molecule has 1 aromatic carbocycles. The maximum Gasteiger partial charge on any atom is 0.244 e. The molecule has 0 saturated heterocycles. The quantitative estimate of drug-likeness (QED) is 0.574. The molecule has 0 atom stereocenters. The van der Waals surface area contributed by atoms with Crippen molar-refractivity contribution in [1.82, 2.24) is 20.1 Å². The van der Waals surface area contributed by atoms with Crippen molar-refractivity contribution < 1.29 is 9.18 Å². The molecule has 0 bridgehead atoms. The number of thiazole rings is 1. The van der Waals surface area contributed by atoms with E-state index in [0.717, 1.165) is 21.6 Å². The van der Waals surface area contributed by atoms with Gasteiger partial charge >= 0.3 is 0 Å². The maximum absolute atomic E-state index is 14.3. The summed E-state index contributed by atoms with van der Waals surface area (Å²) in [6.07, 6.45) is 7.01. The van der Waals surface area contributed by atoms with Gasteiger partial charge in [-0.25, -0.2) is 14.1 Å². The van der Waals surface area contributed by atoms with Crippen LogP contribution in [-0.4, -0.2) is 27.2 Å². The Morgan fingerprint density at radius 2 is 2.22 bits per heavy atom. The Hall–Kier alpha value is -2.32. The fourth-order valence-corrected chi connectivity index (χ4v) is 3.80. The third-order valence-corrected chi connectivity index (χ3v) is 5.39. The smallest absolute Gasteiger partial charge is 0.244 e. The van der Waals surface area contributed by atoms with Gasteiger partial charge in [-0.15, -0.1) is 11.3 Å². The zero-order chi connectivity index (χ0) is 19.4. The number of hydrogen-bond acceptors (Lipinski definition) is 4. The Labute approximate surface area is 169 Å². The lowest BCUT2D eigenvalue weighted by Crippen LogP contribution is -2.23. The molecule has 27 heavy (non-hydrogen) atoms. The van der Waals surface area contributed by atoms with E-state index < -0.39 is 5.82 Å². The first kappa shape index (κ1) is 19.4. The van der Waals surface area contributed by atoms with Crippen LogP contribution < -0.4 is 5.32 Å². The second kappa shape index (κ2) is 8.58. The maximum atomic E-state index is 14.3. The summed E-state index contributed by atoms with van der Waals surface area (Å²) in [5.41, 5.74) is 1.96. The predicted octanol–water partition coefficient (Wildman–Crippen LogP) is 4.22. The van der Waals surface area contributed by atoms with Crippen LogP contribution in [0.4, 0.5) is 4.39 Å². The van der Waals surface area contributed by atoms with Crippen molar-refractivity contribution in [3.8, 4) is 5.69 Å². The van der Waals surface area contributed by atoms with E-state index >= 15 is 0 Å². The SMILES string of the molecule is Cc1nc(C)c(CCNC(=O)/C=C/c2ccc(-n3cc(Br)cn3)c(F)c2)s1. The number of carbonyl (C=O) groups excluding carboxylic acids is 1. The van der Waals surface area contributed by atoms with Gasteiger partial charge in [0.05, 0.1) is 21.4 Å². The molecule has 1 amide bonds. The summed E-state index contributed by atoms with van der Waals surface area (Å²) < 4.78 is 16.5. The Kier molecular flexibility index (Phi) is 6.18. The van der Waals surface area contributed by atoms with Crippen molar-refractivity contribution in [2.45, 2.75) is 20.3 Å². The van der Waals surface area contributed by atoms with Crippen molar-refractivity contribution in [3.63, 3.8) is 0 Å². The van der Waals surface area contributed by atoms with Crippen LogP contribution in [0.1, 0.15) is 21.1 Å². The van der Waals surface area contributed by atoms with Crippen molar-refractivity contribution in [2.75, 3.05) is 6.54 Å². The highest BCUT2D eigenvalue weighted by Crippen LogP contribution is 2.18. The van der Waals surface area contributed by atoms with E-state index in [1.807, 2.05) is 13.8 Å². The van der Waals surface area contributed by atoms with Crippen molar-refractivity contribution in [3.05, 3.63) is 68.1 Å². The molecule has 0 saturated carbocycles. The number of benzene rings is 1. The molecule has 0 aliphatic rings. The zero-order valence-electron chi connectivity index (χ0n) is 14.9. The number of rotatable bonds is 6. The molecule has 0 spiro atoms. The lowest BCUT2D eigenvalue weighted by molar-refractivity contribution is -0.116. The fraction of sp³-hybridized carbons (Fsp3) is 0.211. The van der Waals surface area contributed by atoms with Crippen LogP contribution in [0.15, 0.2) is 41.1 Å². The van der Waals surface area contributed by atoms with E-state index in [0.29, 0.717) is 17.8 Å². The van der Waals surface area contributed by atoms with Gasteiger partial charge in [-0.1, -0.05) is 6.07 Å². The molecule has 3 aromatic rings. The second-order valence-electron chi connectivity index (χ2n) is 5.93. The van der Waals surface area contributed by atoms with Gasteiger partial charge in [0.1, 0.15) is 11.5 Å². The lowest BCUT2D eigenvalue weighted by atomic mass is 10.2. The van der Waals surface area contributed by atoms with Gasteiger partial charge in [-0.05, 0) is 53.5 Å². The lowest BCUT2D eigenvalue weighted by Gasteiger charge is -2.04. The van der Waals surface area contributed by atoms with Gasteiger partial charge in [-0.2, -0.15) is 5.10 Å². The fourth-order valence-electron chi connectivity index (χ4n) is 2.58. The highest BCUT2D eigenvalue weighted by molar-refractivity contribution is 9.10. The van der Waals surface area contributed by atoms with Crippen LogP contribution in [0, 0.1) is 19.7 Å². The average molecular weight is 449 g/mol. The molecular weight excluding hydrogens is 431 g/mol. The van der Waals surface area contributed by atoms with Gasteiger partial charge in [0.15, 0.2) is 0 Å². The minimum atomic E-state index is -0.413. The highest BCUT2D eigenvalue weighted by atomic mass is 79.9. The molecule has 0 radical (unpaired) electrons. The molecule has 140 valence electrons. The molecule has 5 nitrogen and oxygen atoms in total. The minimum absolute atomic E-state index is 0.214. The van der Waals surface area contributed by atoms with E-state index in [2.05, 4.69) is 31.3 Å². The van der Waals surface area contributed by atoms with Crippen LogP contribution in [0.5, 0.6) is 0 Å². The standard InChI is InChI=1S/C19H18BrFN4OS/c1-12-18(27-13(2)24-12)7-8-22-19(26)6-4-14-3-5-17(16(21)9-14)25-11-15(20)10-23-25/h3-6,9-11H,7-8H2,1-2H3,(H,22,26)/b6-4+. The minimum Gasteiger partial charge on any atom is -0.352 e. The van der Waals surface area contributed by atoms with E-state index in [4.69, 9.17) is 0 Å². The summed E-state index contributed by atoms with van der Waals surface area (Å²) >= 11 is 4.93. The summed E-state index contributed by atoms with van der Waals surface area (Å²) in [4.78, 5) is 17.5. The molecule has 0 fully saturated rings. The Morgan fingerprint density at radius 1 is 1.41 bits per heavy atom. The number of amides is 1. The molecule has 3 rings (SSSR count). The summed E-state index contributed by atoms with van der Waals surface area (Å²) in [5, 5.41) is 7.92. The number of carbonyl (C=O) groups is 1. The molecule has 0 aliphatic heterocycles. The number of aryl methyl sites for hydroxylation is 2. The van der Waals surface area contributed by atoms with E-state index in [-0.39, 0.29) is 5.91 Å². The van der Waals surface area contributed by atoms with Gasteiger partial charge in [0, 0.05) is 30.1 Å². The summed E-state index contributed by atoms with van der Waals surface area (Å²) in [5.74, 6) is -0.626. The topological polar surface area (TPSA) is 59.8 Å². The van der Waals surface area contributed by atoms with Gasteiger partial charge in [-0.3, -0.25) is 4.79 Å². The van der Waals surface area contributed by atoms with E-state index in [1.54, 1.807) is 41.9 Å². The first-order chi connectivity index (χ1) is 12.9. The number of aromatic nitrogens is 3. The summed E-state index contributed by atoms with van der Waals surface area (Å²) in [6, 6.07) is 4.74. The molecule has 2 aromatic heterocycles. The van der Waals surface area contributed by atoms with Crippen LogP contribution in [0.3, 0.4) is 0 Å². The van der Waals surface area contributed by atoms with Crippen LogP contribution >= 0.6 is 27.3 Å². The average Bonchev–Trinajstić information content (AvgIpc) is 3.18. The van der Waals surface area contributed by atoms with Gasteiger partial charge < -0.3 is 5.32 Å². The molecule has 8 heteroatoms. The summed E-state index contributed by atoms with van der Waals surface area (Å²) in [6.45, 7) is 4.48. The van der Waals surface area contributed by atoms with Gasteiger partial charge in [0.2, 0.25) is 5.91 Å². The third kappa shape index (κ3) is 5.11. The van der Waals surface area contributed by atoms with Crippen molar-refractivity contribution in [2.24, 2.45) is 0 Å². The van der Waals surface area contributed by atoms with Crippen LogP contribution in [0.25, 0.3) is 11.8 Å². The largest absolute Gasteiger partial charge is 0.352 e. The zero-order valence-corrected chi connectivity index (χ0v) is 17.3. The van der Waals surface area contributed by atoms with Crippen LogP contribution in [-0.2, 0) is 11.2 Å². The highest BCUT2D eigenvalue weighted by Gasteiger charge is 2.07. The molecular formula is C19H18BrFN4OS. The molecule has 1 N–H and O–H groups in total. The first-order valence-electron chi connectivity index (χ1n) is 8.31. The van der Waals surface area contributed by atoms with Crippen molar-refractivity contribution >= 4 is 39.2 Å². The molecule has 0 unspecified atom stereocenters. The summed E-state index contributed by atoms with van der Waals surface area (Å²) in [7, 11) is 0. The second-order valence-corrected chi connectivity index (χ2v) is 8.13. The predicted molar refractivity (Wildman–Crippen MR) is 109 cm³/mol. The number of nitrogens with zero attached hydrogens (tertiary/aromatic N) is 3. The van der Waals surface area contributed by atoms with Gasteiger partial charge in [0.25, 0.3) is 0 Å². The monoisotopic (exact) mass is 448 g/mol. The molecule has 0 aliphatic carbocycles. The van der Waals surface area contributed by atoms with E-state index in [1.165, 1.54) is 21.7 Å². The number of halogens is 2. The first-order valence-corrected chi connectivity index (χ1v) is 9.92. The van der Waals surface area contributed by atoms with E-state index in [9.17, 15) is 9.18 Å². The normalized spacial score (nSPS) is 11.3. The van der Waals surface area contributed by atoms with Crippen LogP contribution in [0.2, 0.25) is 0 Å². The van der Waals surface area contributed by atoms with Crippen molar-refractivity contribution in [1.29, 1.82) is 0 Å². The number of hydrogen-bond donors (Lipinski definition) is 1. The Morgan fingerprint density at radius 3 is 2.85 bits per heavy atom. The molecule has 2 heterocycles. The Bertz CT molecular complexity index is 996. The number of nitrogens with one attached hydrogen (secondary N) is 1.